The maximum Gasteiger partial charge on any atom is 0.189 e. The van der Waals surface area contributed by atoms with Crippen LogP contribution in [-0.4, -0.2) is 24.7 Å². The molecule has 0 atom stereocenters. The van der Waals surface area contributed by atoms with Crippen LogP contribution < -0.4 is 20.5 Å². The minimum Gasteiger partial charge on any atom is -0.493 e. The quantitative estimate of drug-likeness (QED) is 0.409. The van der Waals surface area contributed by atoms with Crippen molar-refractivity contribution in [1.82, 2.24) is 5.32 Å². The van der Waals surface area contributed by atoms with Crippen molar-refractivity contribution in [2.75, 3.05) is 7.11 Å². The molecule has 3 N–H and O–H groups in total. The molecule has 5 nitrogen and oxygen atoms in total. The van der Waals surface area contributed by atoms with Crippen molar-refractivity contribution >= 4 is 29.9 Å². The fourth-order valence-corrected chi connectivity index (χ4v) is 2.75. The lowest BCUT2D eigenvalue weighted by Gasteiger charge is -2.21. The van der Waals surface area contributed by atoms with E-state index < -0.39 is 0 Å². The molecule has 0 unspecified atom stereocenters. The summed E-state index contributed by atoms with van der Waals surface area (Å²) in [6, 6.07) is 5.90. The molecule has 0 bridgehead atoms. The summed E-state index contributed by atoms with van der Waals surface area (Å²) in [7, 11) is 1.67. The molecule has 0 radical (unpaired) electrons. The second-order valence-corrected chi connectivity index (χ2v) is 7.05. The number of nitrogens with one attached hydrogen (secondary N) is 1. The maximum absolute atomic E-state index is 6.21. The van der Waals surface area contributed by atoms with Crippen molar-refractivity contribution in [2.45, 2.75) is 64.6 Å². The summed E-state index contributed by atoms with van der Waals surface area (Å²) in [5.41, 5.74) is 6.85. The summed E-state index contributed by atoms with van der Waals surface area (Å²) in [5.74, 6) is 1.99. The van der Waals surface area contributed by atoms with Crippen LogP contribution in [0.15, 0.2) is 23.2 Å². The Labute approximate surface area is 162 Å². The van der Waals surface area contributed by atoms with Crippen LogP contribution in [0.2, 0.25) is 0 Å². The molecule has 24 heavy (non-hydrogen) atoms. The number of benzene rings is 1. The van der Waals surface area contributed by atoms with Gasteiger partial charge in [0.1, 0.15) is 0 Å². The topological polar surface area (TPSA) is 68.9 Å². The van der Waals surface area contributed by atoms with Gasteiger partial charge in [-0.25, -0.2) is 4.99 Å². The highest BCUT2D eigenvalue weighted by atomic mass is 127. The third-order valence-corrected chi connectivity index (χ3v) is 3.79. The van der Waals surface area contributed by atoms with Gasteiger partial charge >= 0.3 is 0 Å². The molecule has 0 aromatic heterocycles. The highest BCUT2D eigenvalue weighted by Gasteiger charge is 2.20. The van der Waals surface area contributed by atoms with Gasteiger partial charge in [-0.2, -0.15) is 0 Å². The van der Waals surface area contributed by atoms with Gasteiger partial charge in [0.05, 0.1) is 19.8 Å². The Morgan fingerprint density at radius 2 is 1.96 bits per heavy atom. The number of aliphatic imine (C=N–C) groups is 1. The summed E-state index contributed by atoms with van der Waals surface area (Å²) in [5, 5.41) is 3.17. The first-order chi connectivity index (χ1) is 10.9. The Morgan fingerprint density at radius 1 is 1.29 bits per heavy atom. The van der Waals surface area contributed by atoms with E-state index >= 15 is 0 Å². The van der Waals surface area contributed by atoms with E-state index in [0.717, 1.165) is 29.9 Å². The number of nitrogens with two attached hydrogens (primary N) is 1. The zero-order valence-corrected chi connectivity index (χ0v) is 17.4. The minimum atomic E-state index is -0.106. The van der Waals surface area contributed by atoms with Gasteiger partial charge in [0.2, 0.25) is 0 Å². The molecule has 0 spiro atoms. The zero-order chi connectivity index (χ0) is 16.9. The van der Waals surface area contributed by atoms with E-state index in [2.05, 4.69) is 31.1 Å². The molecule has 1 aliphatic rings. The van der Waals surface area contributed by atoms with Crippen LogP contribution in [0, 0.1) is 0 Å². The van der Waals surface area contributed by atoms with Crippen LogP contribution >= 0.6 is 24.0 Å². The molecule has 1 aromatic carbocycles. The van der Waals surface area contributed by atoms with Gasteiger partial charge in [-0.1, -0.05) is 12.1 Å². The van der Waals surface area contributed by atoms with Gasteiger partial charge in [0.15, 0.2) is 17.5 Å². The zero-order valence-electron chi connectivity index (χ0n) is 15.1. The van der Waals surface area contributed by atoms with Gasteiger partial charge in [0.25, 0.3) is 0 Å². The van der Waals surface area contributed by atoms with E-state index in [1.807, 2.05) is 18.2 Å². The smallest absolute Gasteiger partial charge is 0.189 e. The predicted molar refractivity (Wildman–Crippen MR) is 110 cm³/mol. The molecule has 0 aliphatic heterocycles. The minimum absolute atomic E-state index is 0. The predicted octanol–water partition coefficient (Wildman–Crippen LogP) is 3.84. The molecule has 6 heteroatoms. The number of nitrogens with zero attached hydrogens (tertiary/aromatic N) is 1. The molecule has 136 valence electrons. The third-order valence-electron chi connectivity index (χ3n) is 3.79. The average molecular weight is 447 g/mol. The van der Waals surface area contributed by atoms with Gasteiger partial charge < -0.3 is 20.5 Å². The van der Waals surface area contributed by atoms with E-state index in [4.69, 9.17) is 15.2 Å². The Balaban J connectivity index is 0.00000288. The van der Waals surface area contributed by atoms with Gasteiger partial charge in [-0.3, -0.25) is 0 Å². The summed E-state index contributed by atoms with van der Waals surface area (Å²) in [6.45, 7) is 6.62. The van der Waals surface area contributed by atoms with Crippen molar-refractivity contribution in [3.05, 3.63) is 23.8 Å². The molecule has 1 saturated carbocycles. The molecular weight excluding hydrogens is 417 g/mol. The monoisotopic (exact) mass is 447 g/mol. The second kappa shape index (κ2) is 9.34. The number of halogens is 1. The Hall–Kier alpha value is -1.18. The van der Waals surface area contributed by atoms with Gasteiger partial charge in [-0.15, -0.1) is 24.0 Å². The number of methoxy groups -OCH3 is 1. The molecule has 1 aromatic rings. The summed E-state index contributed by atoms with van der Waals surface area (Å²) in [4.78, 5) is 4.44. The lowest BCUT2D eigenvalue weighted by atomic mass is 10.1. The molecule has 0 saturated heterocycles. The largest absolute Gasteiger partial charge is 0.493 e. The van der Waals surface area contributed by atoms with Crippen molar-refractivity contribution in [1.29, 1.82) is 0 Å². The first kappa shape index (κ1) is 20.9. The van der Waals surface area contributed by atoms with Crippen molar-refractivity contribution in [3.8, 4) is 11.5 Å². The van der Waals surface area contributed by atoms with Crippen LogP contribution in [-0.2, 0) is 6.54 Å². The van der Waals surface area contributed by atoms with E-state index in [9.17, 15) is 0 Å². The normalized spacial score (nSPS) is 15.8. The lowest BCUT2D eigenvalue weighted by molar-refractivity contribution is 0.198. The fourth-order valence-electron chi connectivity index (χ4n) is 2.75. The first-order valence-corrected chi connectivity index (χ1v) is 8.29. The number of hydrogen-bond acceptors (Lipinski definition) is 3. The molecule has 0 heterocycles. The van der Waals surface area contributed by atoms with Gasteiger partial charge in [-0.05, 0) is 52.5 Å². The van der Waals surface area contributed by atoms with E-state index in [1.165, 1.54) is 12.8 Å². The maximum atomic E-state index is 6.21. The average Bonchev–Trinajstić information content (AvgIpc) is 2.97. The number of para-hydroxylation sites is 1. The number of guanidine groups is 1. The molecule has 2 rings (SSSR count). The van der Waals surface area contributed by atoms with E-state index in [-0.39, 0.29) is 35.6 Å². The Morgan fingerprint density at radius 3 is 2.54 bits per heavy atom. The van der Waals surface area contributed by atoms with E-state index in [0.29, 0.717) is 12.5 Å². The second-order valence-electron chi connectivity index (χ2n) is 7.05. The van der Waals surface area contributed by atoms with E-state index in [1.54, 1.807) is 7.11 Å². The number of hydrogen-bond donors (Lipinski definition) is 2. The van der Waals surface area contributed by atoms with Crippen LogP contribution in [0.5, 0.6) is 11.5 Å². The van der Waals surface area contributed by atoms with Crippen molar-refractivity contribution in [3.63, 3.8) is 0 Å². The summed E-state index contributed by atoms with van der Waals surface area (Å²) in [6.07, 6.45) is 4.95. The third kappa shape index (κ3) is 6.37. The Bertz CT molecular complexity index is 550. The fraction of sp³-hybridized carbons (Fsp3) is 0.611. The SMILES string of the molecule is COc1cccc(CN=C(N)NC(C)(C)C)c1OC1CCCC1.I. The molecular formula is C18H30IN3O2. The molecule has 1 aliphatic carbocycles. The van der Waals surface area contributed by atoms with Crippen LogP contribution in [0.1, 0.15) is 52.0 Å². The van der Waals surface area contributed by atoms with Crippen LogP contribution in [0.25, 0.3) is 0 Å². The summed E-state index contributed by atoms with van der Waals surface area (Å²) >= 11 is 0. The first-order valence-electron chi connectivity index (χ1n) is 8.29. The van der Waals surface area contributed by atoms with Crippen LogP contribution in [0.3, 0.4) is 0 Å². The number of rotatable bonds is 5. The highest BCUT2D eigenvalue weighted by molar-refractivity contribution is 14.0. The summed E-state index contributed by atoms with van der Waals surface area (Å²) < 4.78 is 11.7. The van der Waals surface area contributed by atoms with Crippen molar-refractivity contribution in [2.24, 2.45) is 10.7 Å². The van der Waals surface area contributed by atoms with Crippen molar-refractivity contribution < 1.29 is 9.47 Å². The number of ether oxygens (including phenoxy) is 2. The highest BCUT2D eigenvalue weighted by Crippen LogP contribution is 2.35. The van der Waals surface area contributed by atoms with Crippen LogP contribution in [0.4, 0.5) is 0 Å². The van der Waals surface area contributed by atoms with Gasteiger partial charge in [0, 0.05) is 11.1 Å². The molecule has 0 amide bonds. The molecule has 1 fully saturated rings. The lowest BCUT2D eigenvalue weighted by Crippen LogP contribution is -2.44. The standard InChI is InChI=1S/C18H29N3O2.HI/c1-18(2,3)21-17(19)20-12-13-8-7-11-15(22-4)16(13)23-14-9-5-6-10-14;/h7-8,11,14H,5-6,9-10,12H2,1-4H3,(H3,19,20,21);1H. The Kier molecular flexibility index (Phi) is 8.12.